The van der Waals surface area contributed by atoms with Crippen LogP contribution in [0.5, 0.6) is 5.75 Å². The predicted octanol–water partition coefficient (Wildman–Crippen LogP) is 4.92. The van der Waals surface area contributed by atoms with Gasteiger partial charge in [0.15, 0.2) is 0 Å². The molecule has 0 bridgehead atoms. The fourth-order valence-corrected chi connectivity index (χ4v) is 6.07. The molecule has 2 aromatic rings. The van der Waals surface area contributed by atoms with Crippen LogP contribution in [0.1, 0.15) is 78.4 Å². The molecule has 15 nitrogen and oxygen atoms in total. The molecule has 0 aliphatic rings. The summed E-state index contributed by atoms with van der Waals surface area (Å²) >= 11 is 1.10. The summed E-state index contributed by atoms with van der Waals surface area (Å²) in [5.74, 6) is -1.74. The number of unbranched alkanes of at least 4 members (excludes halogenated alkanes) is 1. The monoisotopic (exact) mass is 827 g/mol. The molecule has 0 saturated heterocycles. The van der Waals surface area contributed by atoms with Crippen LogP contribution < -0.4 is 31.3 Å². The Morgan fingerprint density at radius 3 is 1.98 bits per heavy atom. The minimum absolute atomic E-state index is 0.0332. The lowest BCUT2D eigenvalue weighted by Gasteiger charge is -2.26. The molecular weight excluding hydrogens is 767 g/mol. The number of ether oxygens (including phenoxy) is 4. The number of rotatable bonds is 23. The van der Waals surface area contributed by atoms with Gasteiger partial charge in [-0.1, -0.05) is 61.2 Å². The molecule has 0 saturated carbocycles. The molecular formula is C42H61N5O10S. The van der Waals surface area contributed by atoms with Crippen molar-refractivity contribution in [1.29, 1.82) is 0 Å². The first-order valence-electron chi connectivity index (χ1n) is 19.3. The number of carbonyl (C=O) groups excluding carboxylic acids is 6. The molecule has 0 unspecified atom stereocenters. The van der Waals surface area contributed by atoms with E-state index in [9.17, 15) is 28.8 Å². The molecule has 0 radical (unpaired) electrons. The van der Waals surface area contributed by atoms with Crippen LogP contribution in [0, 0.1) is 0 Å². The Bertz CT molecular complexity index is 1640. The number of para-hydroxylation sites is 1. The summed E-state index contributed by atoms with van der Waals surface area (Å²) in [4.78, 5) is 78.1. The van der Waals surface area contributed by atoms with Crippen LogP contribution in [-0.4, -0.2) is 104 Å². The molecule has 2 aromatic carbocycles. The Kier molecular flexibility index (Phi) is 21.2. The number of thioether (sulfide) groups is 1. The number of nitrogens with one attached hydrogen (secondary N) is 5. The van der Waals surface area contributed by atoms with Crippen molar-refractivity contribution in [3.63, 3.8) is 0 Å². The summed E-state index contributed by atoms with van der Waals surface area (Å²) in [6, 6.07) is 13.1. The Hall–Kier alpha value is -5.25. The van der Waals surface area contributed by atoms with Gasteiger partial charge in [-0.15, -0.1) is 11.8 Å². The zero-order valence-corrected chi connectivity index (χ0v) is 35.6. The van der Waals surface area contributed by atoms with Gasteiger partial charge < -0.3 is 45.5 Å². The second-order valence-electron chi connectivity index (χ2n) is 15.3. The van der Waals surface area contributed by atoms with E-state index in [1.165, 1.54) is 7.11 Å². The van der Waals surface area contributed by atoms with Crippen molar-refractivity contribution in [3.8, 4) is 5.75 Å². The molecule has 0 aliphatic heterocycles. The van der Waals surface area contributed by atoms with Crippen molar-refractivity contribution in [2.45, 2.75) is 103 Å². The van der Waals surface area contributed by atoms with Crippen LogP contribution in [0.4, 0.5) is 9.59 Å². The maximum absolute atomic E-state index is 13.8. The second kappa shape index (κ2) is 25.2. The van der Waals surface area contributed by atoms with Gasteiger partial charge in [-0.25, -0.2) is 14.4 Å². The van der Waals surface area contributed by atoms with Crippen LogP contribution in [0.15, 0.2) is 61.2 Å². The van der Waals surface area contributed by atoms with Gasteiger partial charge in [-0.05, 0) is 78.9 Å². The summed E-state index contributed by atoms with van der Waals surface area (Å²) in [7, 11) is 1.21. The van der Waals surface area contributed by atoms with Crippen LogP contribution >= 0.6 is 11.8 Å². The number of hydrogen-bond acceptors (Lipinski definition) is 11. The van der Waals surface area contributed by atoms with E-state index in [4.69, 9.17) is 18.9 Å². The Labute approximate surface area is 346 Å². The molecule has 16 heteroatoms. The molecule has 0 spiro atoms. The van der Waals surface area contributed by atoms with Gasteiger partial charge in [-0.2, -0.15) is 0 Å². The van der Waals surface area contributed by atoms with E-state index in [2.05, 4.69) is 33.2 Å². The highest BCUT2D eigenvalue weighted by Crippen LogP contribution is 2.19. The Balaban J connectivity index is 2.14. The van der Waals surface area contributed by atoms with Crippen molar-refractivity contribution in [2.24, 2.45) is 0 Å². The first-order valence-corrected chi connectivity index (χ1v) is 20.4. The minimum Gasteiger partial charge on any atom is -0.493 e. The van der Waals surface area contributed by atoms with E-state index in [1.807, 2.05) is 30.3 Å². The van der Waals surface area contributed by atoms with Crippen molar-refractivity contribution < 1.29 is 47.7 Å². The molecule has 0 aromatic heterocycles. The number of amides is 5. The highest BCUT2D eigenvalue weighted by atomic mass is 32.2. The maximum Gasteiger partial charge on any atom is 0.408 e. The van der Waals surface area contributed by atoms with E-state index in [1.54, 1.807) is 71.9 Å². The van der Waals surface area contributed by atoms with Crippen molar-refractivity contribution >= 4 is 53.7 Å². The third-order valence-corrected chi connectivity index (χ3v) is 8.91. The molecule has 0 fully saturated rings. The largest absolute Gasteiger partial charge is 0.493 e. The zero-order valence-electron chi connectivity index (χ0n) is 34.8. The molecule has 0 aliphatic carbocycles. The highest BCUT2D eigenvalue weighted by Gasteiger charge is 2.31. The van der Waals surface area contributed by atoms with Gasteiger partial charge in [0.2, 0.25) is 17.7 Å². The van der Waals surface area contributed by atoms with Crippen molar-refractivity contribution in [3.05, 3.63) is 72.3 Å². The molecule has 3 atom stereocenters. The Morgan fingerprint density at radius 1 is 0.724 bits per heavy atom. The number of carbonyl (C=O) groups is 6. The van der Waals surface area contributed by atoms with Gasteiger partial charge in [-0.3, -0.25) is 14.4 Å². The standard InChI is InChI=1S/C42H61N5O10S/c1-9-30-20-13-14-22-34(30)55-25-17-24-43-35(48)28-58-27-33(37(50)45-32(38(51)54-8)26-29-18-11-10-12-19-29)46-36(49)31(47-40(53)57-42(5,6)7)21-15-16-23-44-39(52)56-41(2,3)4/h9-14,18-20,22,31-33H,1,15-17,21,23-28H2,2-8H3,(H,43,48)(H,44,52)(H,45,50)(H,46,49)(H,47,53)/t31-,32-,33-/m0/s1. The Morgan fingerprint density at radius 2 is 1.33 bits per heavy atom. The fraction of sp³-hybridized carbons (Fsp3) is 0.524. The lowest BCUT2D eigenvalue weighted by atomic mass is 10.1. The van der Waals surface area contributed by atoms with Crippen LogP contribution in [0.2, 0.25) is 0 Å². The topological polar surface area (TPSA) is 199 Å². The van der Waals surface area contributed by atoms with Gasteiger partial charge in [0.1, 0.15) is 35.1 Å². The van der Waals surface area contributed by atoms with Gasteiger partial charge in [0, 0.05) is 30.8 Å². The fourth-order valence-electron chi connectivity index (χ4n) is 5.19. The van der Waals surface area contributed by atoms with Crippen molar-refractivity contribution in [2.75, 3.05) is 38.3 Å². The lowest BCUT2D eigenvalue weighted by molar-refractivity contribution is -0.145. The summed E-state index contributed by atoms with van der Waals surface area (Å²) in [6.07, 6.45) is 1.93. The molecule has 58 heavy (non-hydrogen) atoms. The van der Waals surface area contributed by atoms with E-state index in [0.29, 0.717) is 38.2 Å². The van der Waals surface area contributed by atoms with Gasteiger partial charge in [0.05, 0.1) is 19.5 Å². The number of alkyl carbamates (subject to hydrolysis) is 2. The predicted molar refractivity (Wildman–Crippen MR) is 224 cm³/mol. The van der Waals surface area contributed by atoms with Gasteiger partial charge >= 0.3 is 18.2 Å². The third-order valence-electron chi connectivity index (χ3n) is 7.87. The smallest absolute Gasteiger partial charge is 0.408 e. The quantitative estimate of drug-likeness (QED) is 0.0579. The normalized spacial score (nSPS) is 12.7. The second-order valence-corrected chi connectivity index (χ2v) is 16.3. The summed E-state index contributed by atoms with van der Waals surface area (Å²) in [5, 5.41) is 13.5. The highest BCUT2D eigenvalue weighted by molar-refractivity contribution is 8.00. The summed E-state index contributed by atoms with van der Waals surface area (Å²) in [5.41, 5.74) is 0.116. The van der Waals surface area contributed by atoms with Crippen molar-refractivity contribution in [1.82, 2.24) is 26.6 Å². The molecule has 5 amide bonds. The van der Waals surface area contributed by atoms with Crippen LogP contribution in [-0.2, 0) is 39.8 Å². The molecule has 0 heterocycles. The first kappa shape index (κ1) is 48.9. The van der Waals surface area contributed by atoms with E-state index >= 15 is 0 Å². The zero-order chi connectivity index (χ0) is 43.1. The SMILES string of the molecule is C=Cc1ccccc1OCCCNC(=O)CSC[C@H](NC(=O)[C@H](CCCCNC(=O)OC(C)(C)C)NC(=O)OC(C)(C)C)C(=O)N[C@@H](Cc1ccccc1)C(=O)OC. The van der Waals surface area contributed by atoms with E-state index < -0.39 is 59.3 Å². The maximum atomic E-state index is 13.8. The van der Waals surface area contributed by atoms with E-state index in [0.717, 1.165) is 22.9 Å². The summed E-state index contributed by atoms with van der Waals surface area (Å²) < 4.78 is 21.4. The van der Waals surface area contributed by atoms with Crippen LogP contribution in [0.3, 0.4) is 0 Å². The third kappa shape index (κ3) is 20.8. The number of benzene rings is 2. The first-order chi connectivity index (χ1) is 27.4. The van der Waals surface area contributed by atoms with Gasteiger partial charge in [0.25, 0.3) is 0 Å². The average molecular weight is 828 g/mol. The lowest BCUT2D eigenvalue weighted by Crippen LogP contribution is -2.57. The number of esters is 1. The number of hydrogen-bond donors (Lipinski definition) is 5. The van der Waals surface area contributed by atoms with Crippen LogP contribution in [0.25, 0.3) is 6.08 Å². The molecule has 5 N–H and O–H groups in total. The number of methoxy groups -OCH3 is 1. The summed E-state index contributed by atoms with van der Waals surface area (Å²) in [6.45, 7) is 15.1. The van der Waals surface area contributed by atoms with E-state index in [-0.39, 0.29) is 36.8 Å². The average Bonchev–Trinajstić information content (AvgIpc) is 3.15. The molecule has 2 rings (SSSR count). The minimum atomic E-state index is -1.23. The molecule has 320 valence electrons.